The number of amides is 1. The van der Waals surface area contributed by atoms with E-state index in [1.807, 2.05) is 6.92 Å². The van der Waals surface area contributed by atoms with Crippen LogP contribution in [0.4, 0.5) is 4.39 Å². The van der Waals surface area contributed by atoms with Crippen molar-refractivity contribution < 1.29 is 9.18 Å². The van der Waals surface area contributed by atoms with Crippen LogP contribution in [0.1, 0.15) is 22.2 Å². The van der Waals surface area contributed by atoms with Crippen LogP contribution in [-0.2, 0) is 11.2 Å². The smallest absolute Gasteiger partial charge is 0.226 e. The molecule has 3 aromatic rings. The van der Waals surface area contributed by atoms with Crippen molar-refractivity contribution in [3.8, 4) is 11.3 Å². The maximum absolute atomic E-state index is 13.2. The second-order valence-corrected chi connectivity index (χ2v) is 8.21. The molecule has 0 bridgehead atoms. The van der Waals surface area contributed by atoms with Crippen LogP contribution >= 0.6 is 11.3 Å². The molecule has 4 rings (SSSR count). The largest absolute Gasteiger partial charge is 0.355 e. The van der Waals surface area contributed by atoms with Crippen LogP contribution in [0.2, 0.25) is 0 Å². The van der Waals surface area contributed by atoms with Gasteiger partial charge in [-0.3, -0.25) is 10.2 Å². The number of halogens is 1. The lowest BCUT2D eigenvalue weighted by Crippen LogP contribution is -2.36. The Morgan fingerprint density at radius 3 is 2.66 bits per heavy atom. The van der Waals surface area contributed by atoms with E-state index >= 15 is 0 Å². The molecule has 1 amide bonds. The van der Waals surface area contributed by atoms with Crippen molar-refractivity contribution in [3.63, 3.8) is 0 Å². The molecule has 3 N–H and O–H groups in total. The average molecular weight is 411 g/mol. The number of benzene rings is 2. The molecule has 5 nitrogen and oxygen atoms in total. The van der Waals surface area contributed by atoms with Gasteiger partial charge < -0.3 is 5.32 Å². The third-order valence-corrected chi connectivity index (χ3v) is 5.90. The summed E-state index contributed by atoms with van der Waals surface area (Å²) in [6, 6.07) is 14.4. The summed E-state index contributed by atoms with van der Waals surface area (Å²) in [6.07, 6.45) is 0.761. The van der Waals surface area contributed by atoms with Crippen LogP contribution < -0.4 is 16.2 Å². The van der Waals surface area contributed by atoms with E-state index in [1.165, 1.54) is 17.7 Å². The quantitative estimate of drug-likeness (QED) is 0.583. The van der Waals surface area contributed by atoms with Crippen LogP contribution in [0.3, 0.4) is 0 Å². The normalized spacial score (nSPS) is 18.7. The Kier molecular flexibility index (Phi) is 5.99. The maximum atomic E-state index is 13.2. The lowest BCUT2D eigenvalue weighted by Gasteiger charge is -2.18. The fourth-order valence-electron chi connectivity index (χ4n) is 3.53. The minimum Gasteiger partial charge on any atom is -0.355 e. The molecular formula is C22H23FN4OS. The van der Waals surface area contributed by atoms with Gasteiger partial charge in [-0.2, -0.15) is 0 Å². The minimum atomic E-state index is -0.281. The molecule has 0 aliphatic carbocycles. The highest BCUT2D eigenvalue weighted by Gasteiger charge is 2.33. The Hall–Kier alpha value is -2.61. The van der Waals surface area contributed by atoms with E-state index in [-0.39, 0.29) is 23.7 Å². The standard InChI is InChI=1S/C22H23FN4OS/c1-14-26-20(13-29-14)16-4-2-15(3-5-16)10-11-24-22(28)19-12-25-27-21(19)17-6-8-18(23)9-7-17/h2-9,13,19,21,25,27H,10-12H2,1H3,(H,24,28). The van der Waals surface area contributed by atoms with E-state index < -0.39 is 0 Å². The van der Waals surface area contributed by atoms with Gasteiger partial charge in [0.15, 0.2) is 0 Å². The van der Waals surface area contributed by atoms with Gasteiger partial charge in [0.2, 0.25) is 5.91 Å². The Balaban J connectivity index is 1.31. The van der Waals surface area contributed by atoms with Crippen LogP contribution in [-0.4, -0.2) is 24.0 Å². The number of rotatable bonds is 6. The van der Waals surface area contributed by atoms with E-state index in [0.29, 0.717) is 13.1 Å². The van der Waals surface area contributed by atoms with Crippen LogP contribution in [0.5, 0.6) is 0 Å². The molecule has 2 aromatic carbocycles. The van der Waals surface area contributed by atoms with Crippen molar-refractivity contribution in [2.75, 3.05) is 13.1 Å². The maximum Gasteiger partial charge on any atom is 0.226 e. The molecule has 29 heavy (non-hydrogen) atoms. The van der Waals surface area contributed by atoms with E-state index in [0.717, 1.165) is 28.2 Å². The SMILES string of the molecule is Cc1nc(-c2ccc(CCNC(=O)C3CNNC3c3ccc(F)cc3)cc2)cs1. The van der Waals surface area contributed by atoms with E-state index in [1.54, 1.807) is 23.5 Å². The van der Waals surface area contributed by atoms with Gasteiger partial charge in [0.25, 0.3) is 0 Å². The number of carbonyl (C=O) groups is 1. The highest BCUT2D eigenvalue weighted by atomic mass is 32.1. The molecule has 1 saturated heterocycles. The van der Waals surface area contributed by atoms with Gasteiger partial charge in [0.1, 0.15) is 5.82 Å². The number of aryl methyl sites for hydroxylation is 1. The topological polar surface area (TPSA) is 66.0 Å². The van der Waals surface area contributed by atoms with E-state index in [4.69, 9.17) is 0 Å². The zero-order valence-electron chi connectivity index (χ0n) is 16.1. The summed E-state index contributed by atoms with van der Waals surface area (Å²) >= 11 is 1.64. The summed E-state index contributed by atoms with van der Waals surface area (Å²) in [5, 5.41) is 6.15. The lowest BCUT2D eigenvalue weighted by atomic mass is 9.94. The molecule has 1 aromatic heterocycles. The molecule has 0 saturated carbocycles. The fourth-order valence-corrected chi connectivity index (χ4v) is 4.15. The molecule has 2 unspecified atom stereocenters. The van der Waals surface area contributed by atoms with Crippen molar-refractivity contribution >= 4 is 17.2 Å². The van der Waals surface area contributed by atoms with Crippen molar-refractivity contribution in [2.24, 2.45) is 5.92 Å². The number of hydrogen-bond acceptors (Lipinski definition) is 5. The Labute approximate surface area is 173 Å². The predicted octanol–water partition coefficient (Wildman–Crippen LogP) is 3.38. The molecule has 0 radical (unpaired) electrons. The molecule has 1 aliphatic rings. The molecule has 150 valence electrons. The number of hydrazine groups is 1. The highest BCUT2D eigenvalue weighted by molar-refractivity contribution is 7.09. The number of hydrogen-bond donors (Lipinski definition) is 3. The second-order valence-electron chi connectivity index (χ2n) is 7.15. The van der Waals surface area contributed by atoms with Crippen molar-refractivity contribution in [1.82, 2.24) is 21.2 Å². The lowest BCUT2D eigenvalue weighted by molar-refractivity contribution is -0.124. The van der Waals surface area contributed by atoms with E-state index in [9.17, 15) is 9.18 Å². The van der Waals surface area contributed by atoms with Crippen molar-refractivity contribution in [1.29, 1.82) is 0 Å². The van der Waals surface area contributed by atoms with Gasteiger partial charge in [-0.25, -0.2) is 14.8 Å². The van der Waals surface area contributed by atoms with Gasteiger partial charge in [0.05, 0.1) is 22.7 Å². The summed E-state index contributed by atoms with van der Waals surface area (Å²) < 4.78 is 13.2. The zero-order valence-corrected chi connectivity index (χ0v) is 16.9. The van der Waals surface area contributed by atoms with Gasteiger partial charge >= 0.3 is 0 Å². The first-order chi connectivity index (χ1) is 14.1. The number of nitrogens with one attached hydrogen (secondary N) is 3. The summed E-state index contributed by atoms with van der Waals surface area (Å²) in [4.78, 5) is 17.2. The minimum absolute atomic E-state index is 0.00797. The molecule has 0 spiro atoms. The molecular weight excluding hydrogens is 387 g/mol. The van der Waals surface area contributed by atoms with Crippen molar-refractivity contribution in [2.45, 2.75) is 19.4 Å². The average Bonchev–Trinajstić information content (AvgIpc) is 3.38. The molecule has 2 heterocycles. The van der Waals surface area contributed by atoms with Crippen LogP contribution in [0.15, 0.2) is 53.9 Å². The number of nitrogens with zero attached hydrogens (tertiary/aromatic N) is 1. The molecule has 7 heteroatoms. The fraction of sp³-hybridized carbons (Fsp3) is 0.273. The molecule has 2 atom stereocenters. The van der Waals surface area contributed by atoms with Gasteiger partial charge in [-0.1, -0.05) is 36.4 Å². The third kappa shape index (κ3) is 4.70. The van der Waals surface area contributed by atoms with Crippen LogP contribution in [0, 0.1) is 18.7 Å². The number of aromatic nitrogens is 1. The van der Waals surface area contributed by atoms with Gasteiger partial charge in [-0.15, -0.1) is 11.3 Å². The first-order valence-corrected chi connectivity index (χ1v) is 10.5. The summed E-state index contributed by atoms with van der Waals surface area (Å²) in [6.45, 7) is 3.11. The summed E-state index contributed by atoms with van der Waals surface area (Å²) in [7, 11) is 0. The second kappa shape index (κ2) is 8.82. The van der Waals surface area contributed by atoms with Gasteiger partial charge in [-0.05, 0) is 36.6 Å². The van der Waals surface area contributed by atoms with Gasteiger partial charge in [0, 0.05) is 24.0 Å². The number of thiazole rings is 1. The van der Waals surface area contributed by atoms with E-state index in [2.05, 4.69) is 50.8 Å². The van der Waals surface area contributed by atoms with Crippen molar-refractivity contribution in [3.05, 3.63) is 75.9 Å². The summed E-state index contributed by atoms with van der Waals surface area (Å²) in [5.74, 6) is -0.529. The number of carbonyl (C=O) groups excluding carboxylic acids is 1. The summed E-state index contributed by atoms with van der Waals surface area (Å²) in [5.41, 5.74) is 10.3. The monoisotopic (exact) mass is 410 g/mol. The first kappa shape index (κ1) is 19.7. The first-order valence-electron chi connectivity index (χ1n) is 9.63. The Morgan fingerprint density at radius 2 is 1.97 bits per heavy atom. The van der Waals surface area contributed by atoms with Crippen LogP contribution in [0.25, 0.3) is 11.3 Å². The molecule has 1 aliphatic heterocycles. The zero-order chi connectivity index (χ0) is 20.2. The molecule has 1 fully saturated rings. The third-order valence-electron chi connectivity index (χ3n) is 5.13. The highest BCUT2D eigenvalue weighted by Crippen LogP contribution is 2.25. The Bertz CT molecular complexity index is 971. The predicted molar refractivity (Wildman–Crippen MR) is 113 cm³/mol. The Morgan fingerprint density at radius 1 is 1.21 bits per heavy atom.